The Bertz CT molecular complexity index is 808. The summed E-state index contributed by atoms with van der Waals surface area (Å²) in [5.74, 6) is -0.546. The second-order valence-corrected chi connectivity index (χ2v) is 7.60. The third-order valence-corrected chi connectivity index (χ3v) is 5.75. The van der Waals surface area contributed by atoms with Crippen LogP contribution in [0.5, 0.6) is 0 Å². The smallest absolute Gasteiger partial charge is 0.303 e. The summed E-state index contributed by atoms with van der Waals surface area (Å²) in [5.41, 5.74) is 1.57. The van der Waals surface area contributed by atoms with Gasteiger partial charge in [0.1, 0.15) is 11.4 Å². The lowest BCUT2D eigenvalue weighted by Crippen LogP contribution is -2.29. The van der Waals surface area contributed by atoms with Crippen molar-refractivity contribution in [3.63, 3.8) is 0 Å². The molecule has 0 radical (unpaired) electrons. The van der Waals surface area contributed by atoms with Crippen LogP contribution in [0, 0.1) is 6.92 Å². The van der Waals surface area contributed by atoms with Gasteiger partial charge in [-0.15, -0.1) is 6.58 Å². The van der Waals surface area contributed by atoms with Gasteiger partial charge in [-0.25, -0.2) is 8.42 Å². The highest BCUT2D eigenvalue weighted by Crippen LogP contribution is 2.31. The molecule has 2 aromatic rings. The standard InChI is InChI=1S/C19H20O4S/c1-4-18(24(21,22)17-12-10-14(2)11-13-17)19(23-15(3)20)16-8-6-5-7-9-16/h4-13,18-19H,1H2,2-3H3/t18-,19-/m1/s1. The van der Waals surface area contributed by atoms with Crippen molar-refractivity contribution in [2.75, 3.05) is 0 Å². The molecule has 0 aromatic heterocycles. The van der Waals surface area contributed by atoms with Gasteiger partial charge in [-0.2, -0.15) is 0 Å². The topological polar surface area (TPSA) is 60.4 Å². The molecular formula is C19H20O4S. The number of esters is 1. The molecule has 0 unspecified atom stereocenters. The first-order valence-corrected chi connectivity index (χ1v) is 9.06. The van der Waals surface area contributed by atoms with Gasteiger partial charge in [0.15, 0.2) is 9.84 Å². The zero-order valence-electron chi connectivity index (χ0n) is 13.7. The Morgan fingerprint density at radius 1 is 1.08 bits per heavy atom. The van der Waals surface area contributed by atoms with Crippen LogP contribution in [0.25, 0.3) is 0 Å². The van der Waals surface area contributed by atoms with E-state index in [4.69, 9.17) is 4.74 Å². The average molecular weight is 344 g/mol. The number of rotatable bonds is 6. The lowest BCUT2D eigenvalue weighted by atomic mass is 10.1. The molecule has 0 saturated heterocycles. The predicted molar refractivity (Wildman–Crippen MR) is 93.3 cm³/mol. The lowest BCUT2D eigenvalue weighted by Gasteiger charge is -2.24. The van der Waals surface area contributed by atoms with Crippen molar-refractivity contribution in [1.29, 1.82) is 0 Å². The van der Waals surface area contributed by atoms with E-state index in [0.29, 0.717) is 5.56 Å². The summed E-state index contributed by atoms with van der Waals surface area (Å²) in [6.45, 7) is 6.79. The van der Waals surface area contributed by atoms with E-state index in [1.54, 1.807) is 48.5 Å². The van der Waals surface area contributed by atoms with Crippen LogP contribution in [0.2, 0.25) is 0 Å². The molecule has 0 saturated carbocycles. The predicted octanol–water partition coefficient (Wildman–Crippen LogP) is 3.63. The average Bonchev–Trinajstić information content (AvgIpc) is 2.55. The molecule has 0 fully saturated rings. The maximum absolute atomic E-state index is 13.0. The third kappa shape index (κ3) is 3.92. The maximum Gasteiger partial charge on any atom is 0.303 e. The van der Waals surface area contributed by atoms with E-state index in [1.165, 1.54) is 13.0 Å². The molecule has 2 atom stereocenters. The molecule has 2 aromatic carbocycles. The third-order valence-electron chi connectivity index (χ3n) is 3.66. The van der Waals surface area contributed by atoms with Crippen LogP contribution in [0.1, 0.15) is 24.2 Å². The largest absolute Gasteiger partial charge is 0.456 e. The van der Waals surface area contributed by atoms with Gasteiger partial charge in [0.25, 0.3) is 0 Å². The van der Waals surface area contributed by atoms with Crippen molar-refractivity contribution in [3.05, 3.63) is 78.4 Å². The van der Waals surface area contributed by atoms with Crippen LogP contribution in [0.3, 0.4) is 0 Å². The van der Waals surface area contributed by atoms with E-state index in [9.17, 15) is 13.2 Å². The van der Waals surface area contributed by atoms with Gasteiger partial charge in [0, 0.05) is 6.92 Å². The van der Waals surface area contributed by atoms with E-state index in [-0.39, 0.29) is 4.90 Å². The van der Waals surface area contributed by atoms with Crippen LogP contribution in [-0.4, -0.2) is 19.6 Å². The number of hydrogen-bond donors (Lipinski definition) is 0. The minimum absolute atomic E-state index is 0.172. The fourth-order valence-corrected chi connectivity index (χ4v) is 4.07. The van der Waals surface area contributed by atoms with Crippen LogP contribution >= 0.6 is 0 Å². The van der Waals surface area contributed by atoms with Crippen molar-refractivity contribution >= 4 is 15.8 Å². The van der Waals surface area contributed by atoms with Gasteiger partial charge in [0.2, 0.25) is 0 Å². The number of benzene rings is 2. The minimum Gasteiger partial charge on any atom is -0.456 e. The Morgan fingerprint density at radius 2 is 1.67 bits per heavy atom. The Labute approximate surface area is 142 Å². The first kappa shape index (κ1) is 17.9. The molecule has 24 heavy (non-hydrogen) atoms. The van der Waals surface area contributed by atoms with Crippen molar-refractivity contribution in [2.45, 2.75) is 30.1 Å². The Kier molecular flexibility index (Phi) is 5.57. The van der Waals surface area contributed by atoms with Crippen LogP contribution in [0.4, 0.5) is 0 Å². The molecule has 0 heterocycles. The zero-order valence-corrected chi connectivity index (χ0v) is 14.5. The quantitative estimate of drug-likeness (QED) is 0.593. The first-order chi connectivity index (χ1) is 11.4. The second kappa shape index (κ2) is 7.45. The number of hydrogen-bond acceptors (Lipinski definition) is 4. The number of sulfone groups is 1. The summed E-state index contributed by atoms with van der Waals surface area (Å²) in [6, 6.07) is 15.4. The van der Waals surface area contributed by atoms with Gasteiger partial charge in [-0.3, -0.25) is 4.79 Å². The van der Waals surface area contributed by atoms with Crippen molar-refractivity contribution in [1.82, 2.24) is 0 Å². The van der Waals surface area contributed by atoms with Gasteiger partial charge < -0.3 is 4.74 Å². The summed E-state index contributed by atoms with van der Waals surface area (Å²) in [7, 11) is -3.76. The van der Waals surface area contributed by atoms with E-state index in [1.807, 2.05) is 13.0 Å². The van der Waals surface area contributed by atoms with E-state index in [2.05, 4.69) is 6.58 Å². The van der Waals surface area contributed by atoms with Crippen molar-refractivity contribution in [2.24, 2.45) is 0 Å². The monoisotopic (exact) mass is 344 g/mol. The van der Waals surface area contributed by atoms with E-state index >= 15 is 0 Å². The van der Waals surface area contributed by atoms with Crippen molar-refractivity contribution in [3.8, 4) is 0 Å². The molecule has 0 aliphatic rings. The van der Waals surface area contributed by atoms with Crippen molar-refractivity contribution < 1.29 is 17.9 Å². The summed E-state index contributed by atoms with van der Waals surface area (Å²) in [5, 5.41) is -1.08. The number of ether oxygens (including phenoxy) is 1. The highest BCUT2D eigenvalue weighted by Gasteiger charge is 2.35. The summed E-state index contributed by atoms with van der Waals surface area (Å²) in [6.07, 6.45) is 0.364. The fraction of sp³-hybridized carbons (Fsp3) is 0.211. The molecule has 0 amide bonds. The molecule has 126 valence electrons. The molecule has 0 spiro atoms. The summed E-state index contributed by atoms with van der Waals surface area (Å²) >= 11 is 0. The zero-order chi connectivity index (χ0) is 17.7. The SMILES string of the molecule is C=C[C@H]([C@H](OC(C)=O)c1ccccc1)S(=O)(=O)c1ccc(C)cc1. The highest BCUT2D eigenvalue weighted by atomic mass is 32.2. The highest BCUT2D eigenvalue weighted by molar-refractivity contribution is 7.92. The van der Waals surface area contributed by atoms with E-state index < -0.39 is 27.2 Å². The van der Waals surface area contributed by atoms with Crippen LogP contribution < -0.4 is 0 Å². The van der Waals surface area contributed by atoms with Crippen LogP contribution in [0.15, 0.2) is 72.1 Å². The Balaban J connectivity index is 2.50. The number of carbonyl (C=O) groups excluding carboxylic acids is 1. The molecule has 0 bridgehead atoms. The molecule has 4 nitrogen and oxygen atoms in total. The maximum atomic E-state index is 13.0. The van der Waals surface area contributed by atoms with E-state index in [0.717, 1.165) is 5.56 Å². The molecule has 0 aliphatic carbocycles. The summed E-state index contributed by atoms with van der Waals surface area (Å²) < 4.78 is 31.3. The molecular weight excluding hydrogens is 324 g/mol. The van der Waals surface area contributed by atoms with Gasteiger partial charge in [-0.1, -0.05) is 54.1 Å². The molecule has 5 heteroatoms. The second-order valence-electron chi connectivity index (χ2n) is 5.50. The number of aryl methyl sites for hydroxylation is 1. The Morgan fingerprint density at radius 3 is 2.17 bits per heavy atom. The fourth-order valence-electron chi connectivity index (χ4n) is 2.44. The summed E-state index contributed by atoms with van der Waals surface area (Å²) in [4.78, 5) is 11.7. The molecule has 0 N–H and O–H groups in total. The minimum atomic E-state index is -3.76. The number of carbonyl (C=O) groups is 1. The first-order valence-electron chi connectivity index (χ1n) is 7.51. The molecule has 2 rings (SSSR count). The lowest BCUT2D eigenvalue weighted by molar-refractivity contribution is -0.146. The normalized spacial score (nSPS) is 13.8. The van der Waals surface area contributed by atoms with Gasteiger partial charge in [0.05, 0.1) is 4.90 Å². The van der Waals surface area contributed by atoms with Crippen LogP contribution in [-0.2, 0) is 19.4 Å². The Hall–Kier alpha value is -2.40. The molecule has 0 aliphatic heterocycles. The van der Waals surface area contributed by atoms with Gasteiger partial charge in [-0.05, 0) is 24.6 Å². The van der Waals surface area contributed by atoms with Gasteiger partial charge >= 0.3 is 5.97 Å².